The van der Waals surface area contributed by atoms with Gasteiger partial charge in [-0.1, -0.05) is 81.6 Å². The van der Waals surface area contributed by atoms with E-state index in [9.17, 15) is 4.79 Å². The van der Waals surface area contributed by atoms with E-state index in [-0.39, 0.29) is 5.78 Å². The van der Waals surface area contributed by atoms with E-state index in [2.05, 4.69) is 59.2 Å². The number of hydrogen-bond donors (Lipinski definition) is 0. The first-order chi connectivity index (χ1) is 13.3. The predicted octanol–water partition coefficient (Wildman–Crippen LogP) is 6.97. The average Bonchev–Trinajstić information content (AvgIpc) is 3.04. The topological polar surface area (TPSA) is 22.0 Å². The van der Waals surface area contributed by atoms with E-state index >= 15 is 0 Å². The van der Waals surface area contributed by atoms with E-state index in [1.807, 2.05) is 13.8 Å². The Morgan fingerprint density at radius 1 is 0.926 bits per heavy atom. The van der Waals surface area contributed by atoms with Crippen molar-refractivity contribution in [1.29, 1.82) is 0 Å². The van der Waals surface area contributed by atoms with Crippen molar-refractivity contribution in [3.8, 4) is 11.3 Å². The molecule has 1 fully saturated rings. The highest BCUT2D eigenvalue weighted by Crippen LogP contribution is 2.43. The molecule has 142 valence electrons. The average molecular weight is 362 g/mol. The van der Waals surface area contributed by atoms with Crippen molar-refractivity contribution < 1.29 is 4.79 Å². The minimum Gasteiger partial charge on any atom is -0.333 e. The van der Waals surface area contributed by atoms with Crippen LogP contribution in [0.4, 0.5) is 0 Å². The van der Waals surface area contributed by atoms with Crippen molar-refractivity contribution in [3.63, 3.8) is 0 Å². The molecule has 1 saturated carbocycles. The Labute approximate surface area is 163 Å². The Kier molecular flexibility index (Phi) is 6.49. The lowest BCUT2D eigenvalue weighted by Gasteiger charge is -2.23. The van der Waals surface area contributed by atoms with Crippen LogP contribution in [-0.4, -0.2) is 10.4 Å². The Bertz CT molecular complexity index is 885. The quantitative estimate of drug-likeness (QED) is 0.492. The summed E-state index contributed by atoms with van der Waals surface area (Å²) in [5.41, 5.74) is 5.13. The molecule has 0 radical (unpaired) electrons. The molecular weight excluding hydrogens is 330 g/mol. The highest BCUT2D eigenvalue weighted by atomic mass is 16.1. The molecule has 0 aliphatic heterocycles. The summed E-state index contributed by atoms with van der Waals surface area (Å²) in [5.74, 6) is 0.801. The van der Waals surface area contributed by atoms with Gasteiger partial charge in [0.1, 0.15) is 5.78 Å². The van der Waals surface area contributed by atoms with E-state index in [1.165, 1.54) is 59.8 Å². The fraction of sp³-hybridized carbons (Fsp3) is 0.400. The van der Waals surface area contributed by atoms with Crippen LogP contribution in [-0.2, 0) is 11.3 Å². The maximum absolute atomic E-state index is 12.0. The number of fused-ring (bicyclic) bond motifs is 1. The molecule has 0 atom stereocenters. The maximum Gasteiger partial charge on any atom is 0.149 e. The zero-order valence-electron chi connectivity index (χ0n) is 16.9. The second kappa shape index (κ2) is 9.03. The summed E-state index contributed by atoms with van der Waals surface area (Å²) in [6.45, 7) is 6.13. The van der Waals surface area contributed by atoms with Crippen LogP contribution in [0.2, 0.25) is 0 Å². The molecule has 3 aromatic rings. The van der Waals surface area contributed by atoms with Crippen molar-refractivity contribution in [3.05, 3.63) is 60.2 Å². The van der Waals surface area contributed by atoms with Crippen LogP contribution in [0.25, 0.3) is 22.2 Å². The van der Waals surface area contributed by atoms with Gasteiger partial charge in [-0.25, -0.2) is 0 Å². The number of benzene rings is 2. The number of nitrogens with zero attached hydrogens (tertiary/aromatic N) is 1. The van der Waals surface area contributed by atoms with Crippen LogP contribution in [0.1, 0.15) is 64.4 Å². The van der Waals surface area contributed by atoms with Crippen molar-refractivity contribution in [2.75, 3.05) is 0 Å². The van der Waals surface area contributed by atoms with E-state index < -0.39 is 0 Å². The number of hydrogen-bond acceptors (Lipinski definition) is 1. The van der Waals surface area contributed by atoms with Gasteiger partial charge >= 0.3 is 0 Å². The lowest BCUT2D eigenvalue weighted by atomic mass is 9.82. The molecule has 0 bridgehead atoms. The first-order valence-electron chi connectivity index (χ1n) is 10.4. The maximum atomic E-state index is 12.0. The summed E-state index contributed by atoms with van der Waals surface area (Å²) < 4.78 is 2.25. The molecule has 0 unspecified atom stereocenters. The molecule has 2 heteroatoms. The number of para-hydroxylation sites is 1. The minimum absolute atomic E-state index is 0.202. The van der Waals surface area contributed by atoms with Gasteiger partial charge in [-0.2, -0.15) is 0 Å². The van der Waals surface area contributed by atoms with E-state index in [1.54, 1.807) is 6.92 Å². The molecular formula is C25H31NO. The standard InChI is InChI=1S/C23H25NO.C2H6/c1-17(25)16-24-21-15-9-8-14-20(21)22(18-10-4-2-5-11-18)23(24)19-12-6-3-7-13-19;1-2/h3,6-9,12-15,18H,2,4-5,10-11,16H2,1H3;1-2H3. The van der Waals surface area contributed by atoms with Crippen LogP contribution in [0.5, 0.6) is 0 Å². The van der Waals surface area contributed by atoms with Gasteiger partial charge in [0.25, 0.3) is 0 Å². The Morgan fingerprint density at radius 2 is 1.56 bits per heavy atom. The molecule has 0 amide bonds. The van der Waals surface area contributed by atoms with Crippen LogP contribution >= 0.6 is 0 Å². The van der Waals surface area contributed by atoms with Gasteiger partial charge in [0.05, 0.1) is 12.2 Å². The predicted molar refractivity (Wildman–Crippen MR) is 115 cm³/mol. The SMILES string of the molecule is CC.CC(=O)Cn1c(-c2ccccc2)c(C2CCCCC2)c2ccccc21. The van der Waals surface area contributed by atoms with Crippen molar-refractivity contribution >= 4 is 16.7 Å². The van der Waals surface area contributed by atoms with E-state index in [0.717, 1.165) is 0 Å². The van der Waals surface area contributed by atoms with E-state index in [0.29, 0.717) is 12.5 Å². The summed E-state index contributed by atoms with van der Waals surface area (Å²) in [7, 11) is 0. The van der Waals surface area contributed by atoms with Crippen LogP contribution in [0.3, 0.4) is 0 Å². The lowest BCUT2D eigenvalue weighted by Crippen LogP contribution is -2.10. The largest absolute Gasteiger partial charge is 0.333 e. The fourth-order valence-electron chi connectivity index (χ4n) is 4.43. The normalized spacial score (nSPS) is 14.6. The highest BCUT2D eigenvalue weighted by molar-refractivity contribution is 5.94. The number of ketones is 1. The van der Waals surface area contributed by atoms with Gasteiger partial charge in [0.15, 0.2) is 0 Å². The molecule has 1 aliphatic carbocycles. The molecule has 1 heterocycles. The Morgan fingerprint density at radius 3 is 2.22 bits per heavy atom. The zero-order valence-corrected chi connectivity index (χ0v) is 16.9. The molecule has 27 heavy (non-hydrogen) atoms. The van der Waals surface area contributed by atoms with Crippen LogP contribution in [0, 0.1) is 0 Å². The molecule has 2 nitrogen and oxygen atoms in total. The van der Waals surface area contributed by atoms with Gasteiger partial charge in [-0.15, -0.1) is 0 Å². The second-order valence-electron chi connectivity index (χ2n) is 7.27. The van der Waals surface area contributed by atoms with Crippen LogP contribution in [0.15, 0.2) is 54.6 Å². The lowest BCUT2D eigenvalue weighted by molar-refractivity contribution is -0.117. The third-order valence-electron chi connectivity index (χ3n) is 5.45. The fourth-order valence-corrected chi connectivity index (χ4v) is 4.43. The first-order valence-corrected chi connectivity index (χ1v) is 10.4. The van der Waals surface area contributed by atoms with Gasteiger partial charge < -0.3 is 4.57 Å². The molecule has 0 saturated heterocycles. The van der Waals surface area contributed by atoms with Crippen molar-refractivity contribution in [2.24, 2.45) is 0 Å². The molecule has 0 N–H and O–H groups in total. The molecule has 1 aromatic heterocycles. The monoisotopic (exact) mass is 361 g/mol. The highest BCUT2D eigenvalue weighted by Gasteiger charge is 2.26. The van der Waals surface area contributed by atoms with Gasteiger partial charge in [0.2, 0.25) is 0 Å². The Balaban J connectivity index is 0.00000102. The third kappa shape index (κ3) is 4.00. The number of aromatic nitrogens is 1. The number of carbonyl (C=O) groups is 1. The van der Waals surface area contributed by atoms with E-state index in [4.69, 9.17) is 0 Å². The van der Waals surface area contributed by atoms with Gasteiger partial charge in [-0.3, -0.25) is 4.79 Å². The third-order valence-corrected chi connectivity index (χ3v) is 5.45. The first kappa shape index (κ1) is 19.4. The molecule has 0 spiro atoms. The molecule has 1 aliphatic rings. The Hall–Kier alpha value is -2.35. The van der Waals surface area contributed by atoms with Crippen molar-refractivity contribution in [2.45, 2.75) is 65.3 Å². The number of Topliss-reactive ketones (excluding diaryl/α,β-unsaturated/α-hetero) is 1. The summed E-state index contributed by atoms with van der Waals surface area (Å²) in [6, 6.07) is 19.2. The second-order valence-corrected chi connectivity index (χ2v) is 7.27. The summed E-state index contributed by atoms with van der Waals surface area (Å²) in [6.07, 6.45) is 6.49. The van der Waals surface area contributed by atoms with Crippen LogP contribution < -0.4 is 0 Å². The smallest absolute Gasteiger partial charge is 0.149 e. The van der Waals surface area contributed by atoms with Crippen molar-refractivity contribution in [1.82, 2.24) is 4.57 Å². The molecule has 2 aromatic carbocycles. The molecule has 4 rings (SSSR count). The van der Waals surface area contributed by atoms with Gasteiger partial charge in [0, 0.05) is 10.9 Å². The summed E-state index contributed by atoms with van der Waals surface area (Å²) in [5, 5.41) is 1.33. The zero-order chi connectivity index (χ0) is 19.2. The van der Waals surface area contributed by atoms with Gasteiger partial charge in [-0.05, 0) is 42.9 Å². The minimum atomic E-state index is 0.202. The number of carbonyl (C=O) groups excluding carboxylic acids is 1. The summed E-state index contributed by atoms with van der Waals surface area (Å²) >= 11 is 0. The number of rotatable bonds is 4. The summed E-state index contributed by atoms with van der Waals surface area (Å²) in [4.78, 5) is 12.0.